The van der Waals surface area contributed by atoms with Crippen molar-refractivity contribution in [1.29, 1.82) is 0 Å². The zero-order chi connectivity index (χ0) is 12.9. The fourth-order valence-corrected chi connectivity index (χ4v) is 1.68. The quantitative estimate of drug-likeness (QED) is 0.741. The van der Waals surface area contributed by atoms with Gasteiger partial charge in [-0.1, -0.05) is 58.0 Å². The molecule has 1 atom stereocenters. The molecule has 94 valence electrons. The number of hydrogen-bond acceptors (Lipinski definition) is 1. The van der Waals surface area contributed by atoms with Crippen LogP contribution in [-0.4, -0.2) is 5.78 Å². The highest BCUT2D eigenvalue weighted by Gasteiger charge is 2.22. The van der Waals surface area contributed by atoms with Gasteiger partial charge < -0.3 is 0 Å². The van der Waals surface area contributed by atoms with Gasteiger partial charge in [0.2, 0.25) is 0 Å². The number of carbonyl (C=O) groups is 1. The van der Waals surface area contributed by atoms with E-state index in [1.165, 1.54) is 5.56 Å². The molecule has 0 N–H and O–H groups in total. The summed E-state index contributed by atoms with van der Waals surface area (Å²) >= 11 is 0. The Bertz CT molecular complexity index is 346. The van der Waals surface area contributed by atoms with E-state index < -0.39 is 0 Å². The van der Waals surface area contributed by atoms with Crippen LogP contribution in [0, 0.1) is 11.3 Å². The lowest BCUT2D eigenvalue weighted by atomic mass is 9.79. The van der Waals surface area contributed by atoms with Gasteiger partial charge >= 0.3 is 0 Å². The van der Waals surface area contributed by atoms with E-state index in [-0.39, 0.29) is 5.41 Å². The Morgan fingerprint density at radius 1 is 1.18 bits per heavy atom. The molecular weight excluding hydrogens is 208 g/mol. The predicted octanol–water partition coefficient (Wildman–Crippen LogP) is 4.26. The third kappa shape index (κ3) is 5.16. The topological polar surface area (TPSA) is 17.1 Å². The van der Waals surface area contributed by atoms with Gasteiger partial charge in [-0.15, -0.1) is 0 Å². The van der Waals surface area contributed by atoms with Crippen LogP contribution in [0.3, 0.4) is 0 Å². The van der Waals surface area contributed by atoms with Gasteiger partial charge in [0.25, 0.3) is 0 Å². The highest BCUT2D eigenvalue weighted by molar-refractivity contribution is 5.78. The molecule has 0 bridgehead atoms. The minimum absolute atomic E-state index is 0.225. The van der Waals surface area contributed by atoms with Gasteiger partial charge in [-0.05, 0) is 23.3 Å². The maximum absolute atomic E-state index is 11.9. The first-order chi connectivity index (χ1) is 7.89. The van der Waals surface area contributed by atoms with Crippen LogP contribution in [0.2, 0.25) is 0 Å². The van der Waals surface area contributed by atoms with Crippen molar-refractivity contribution in [1.82, 2.24) is 0 Å². The molecule has 0 fully saturated rings. The molecular formula is C16H24O. The number of carbonyl (C=O) groups excluding carboxylic acids is 1. The first-order valence-corrected chi connectivity index (χ1v) is 6.45. The number of benzene rings is 1. The van der Waals surface area contributed by atoms with Crippen LogP contribution in [0.1, 0.15) is 46.1 Å². The Hall–Kier alpha value is -1.11. The van der Waals surface area contributed by atoms with Crippen molar-refractivity contribution in [3.63, 3.8) is 0 Å². The Morgan fingerprint density at radius 3 is 2.29 bits per heavy atom. The highest BCUT2D eigenvalue weighted by atomic mass is 16.1. The first kappa shape index (κ1) is 14.0. The van der Waals surface area contributed by atoms with Gasteiger partial charge in [-0.3, -0.25) is 4.79 Å². The molecule has 0 aliphatic carbocycles. The summed E-state index contributed by atoms with van der Waals surface area (Å²) in [5, 5.41) is 0. The number of rotatable bonds is 5. The van der Waals surface area contributed by atoms with Crippen LogP contribution >= 0.6 is 0 Å². The third-order valence-electron chi connectivity index (χ3n) is 3.55. The SMILES string of the molecule is CC(CC(=O)CCc1ccccc1)C(C)(C)C. The molecule has 1 rings (SSSR count). The molecule has 0 aliphatic rings. The van der Waals surface area contributed by atoms with Gasteiger partial charge in [0.15, 0.2) is 0 Å². The van der Waals surface area contributed by atoms with Crippen molar-refractivity contribution in [2.45, 2.75) is 47.0 Å². The van der Waals surface area contributed by atoms with Crippen molar-refractivity contribution in [3.05, 3.63) is 35.9 Å². The van der Waals surface area contributed by atoms with Gasteiger partial charge in [-0.25, -0.2) is 0 Å². The van der Waals surface area contributed by atoms with Crippen LogP contribution in [0.4, 0.5) is 0 Å². The molecule has 0 saturated carbocycles. The Morgan fingerprint density at radius 2 is 1.76 bits per heavy atom. The summed E-state index contributed by atoms with van der Waals surface area (Å²) in [6.45, 7) is 8.76. The van der Waals surface area contributed by atoms with Crippen molar-refractivity contribution in [2.75, 3.05) is 0 Å². The molecule has 0 aliphatic heterocycles. The van der Waals surface area contributed by atoms with E-state index >= 15 is 0 Å². The lowest BCUT2D eigenvalue weighted by Crippen LogP contribution is -2.20. The summed E-state index contributed by atoms with van der Waals surface area (Å²) in [5.41, 5.74) is 1.48. The number of Topliss-reactive ketones (excluding diaryl/α,β-unsaturated/α-hetero) is 1. The normalized spacial score (nSPS) is 13.4. The average molecular weight is 232 g/mol. The predicted molar refractivity (Wildman–Crippen MR) is 73.0 cm³/mol. The van der Waals surface area contributed by atoms with Gasteiger partial charge in [0.1, 0.15) is 5.78 Å². The number of ketones is 1. The summed E-state index contributed by atoms with van der Waals surface area (Å²) < 4.78 is 0. The lowest BCUT2D eigenvalue weighted by molar-refractivity contribution is -0.120. The zero-order valence-electron chi connectivity index (χ0n) is 11.5. The first-order valence-electron chi connectivity index (χ1n) is 6.45. The largest absolute Gasteiger partial charge is 0.300 e. The third-order valence-corrected chi connectivity index (χ3v) is 3.55. The van der Waals surface area contributed by atoms with Gasteiger partial charge in [-0.2, -0.15) is 0 Å². The van der Waals surface area contributed by atoms with Crippen LogP contribution in [0.25, 0.3) is 0 Å². The molecule has 0 spiro atoms. The number of aryl methyl sites for hydroxylation is 1. The average Bonchev–Trinajstić information content (AvgIpc) is 2.26. The standard InChI is InChI=1S/C16H24O/c1-13(16(2,3)4)12-15(17)11-10-14-8-6-5-7-9-14/h5-9,13H,10-12H2,1-4H3. The molecule has 1 unspecified atom stereocenters. The molecule has 0 amide bonds. The van der Waals surface area contributed by atoms with E-state index in [4.69, 9.17) is 0 Å². The minimum atomic E-state index is 0.225. The van der Waals surface area contributed by atoms with Crippen LogP contribution < -0.4 is 0 Å². The van der Waals surface area contributed by atoms with Gasteiger partial charge in [0, 0.05) is 12.8 Å². The molecule has 0 saturated heterocycles. The monoisotopic (exact) mass is 232 g/mol. The summed E-state index contributed by atoms with van der Waals surface area (Å²) in [6, 6.07) is 10.2. The van der Waals surface area contributed by atoms with Crippen LogP contribution in [0.15, 0.2) is 30.3 Å². The molecule has 0 radical (unpaired) electrons. The van der Waals surface area contributed by atoms with E-state index in [1.807, 2.05) is 18.2 Å². The van der Waals surface area contributed by atoms with Crippen molar-refractivity contribution < 1.29 is 4.79 Å². The maximum Gasteiger partial charge on any atom is 0.133 e. The van der Waals surface area contributed by atoms with Crippen molar-refractivity contribution >= 4 is 5.78 Å². The number of hydrogen-bond donors (Lipinski definition) is 0. The second-order valence-electron chi connectivity index (χ2n) is 6.00. The van der Waals surface area contributed by atoms with E-state index in [0.717, 1.165) is 6.42 Å². The summed E-state index contributed by atoms with van der Waals surface area (Å²) in [5.74, 6) is 0.835. The molecule has 17 heavy (non-hydrogen) atoms. The van der Waals surface area contributed by atoms with Crippen LogP contribution in [0.5, 0.6) is 0 Å². The fraction of sp³-hybridized carbons (Fsp3) is 0.562. The smallest absolute Gasteiger partial charge is 0.133 e. The van der Waals surface area contributed by atoms with Gasteiger partial charge in [0.05, 0.1) is 0 Å². The molecule has 1 nitrogen and oxygen atoms in total. The minimum Gasteiger partial charge on any atom is -0.300 e. The molecule has 1 heteroatoms. The zero-order valence-corrected chi connectivity index (χ0v) is 11.5. The lowest BCUT2D eigenvalue weighted by Gasteiger charge is -2.26. The van der Waals surface area contributed by atoms with E-state index in [1.54, 1.807) is 0 Å². The maximum atomic E-state index is 11.9. The van der Waals surface area contributed by atoms with Crippen molar-refractivity contribution in [2.24, 2.45) is 11.3 Å². The van der Waals surface area contributed by atoms with E-state index in [9.17, 15) is 4.79 Å². The van der Waals surface area contributed by atoms with E-state index in [2.05, 4.69) is 39.8 Å². The molecule has 0 heterocycles. The summed E-state index contributed by atoms with van der Waals surface area (Å²) in [7, 11) is 0. The second-order valence-corrected chi connectivity index (χ2v) is 6.00. The summed E-state index contributed by atoms with van der Waals surface area (Å²) in [4.78, 5) is 11.9. The summed E-state index contributed by atoms with van der Waals surface area (Å²) in [6.07, 6.45) is 2.25. The Balaban J connectivity index is 2.36. The Labute approximate surface area is 105 Å². The second kappa shape index (κ2) is 6.00. The molecule has 1 aromatic rings. The highest BCUT2D eigenvalue weighted by Crippen LogP contribution is 2.28. The Kier molecular flexibility index (Phi) is 4.92. The molecule has 0 aromatic heterocycles. The van der Waals surface area contributed by atoms with Crippen molar-refractivity contribution in [3.8, 4) is 0 Å². The van der Waals surface area contributed by atoms with Crippen LogP contribution in [-0.2, 0) is 11.2 Å². The fourth-order valence-electron chi connectivity index (χ4n) is 1.68. The molecule has 1 aromatic carbocycles. The van der Waals surface area contributed by atoms with E-state index in [0.29, 0.717) is 24.5 Å².